The minimum Gasteiger partial charge on any atom is -0.618 e. The standard InChI is InChI=1S/C17H18N2O5/c1-23-15-8-3-2-6-13(15)9-10-18-16(20)12-24-17(21)14-7-4-5-11-19(14)22/h2-8,11H,9-10,12H2,1H3,(H,18,20). The molecule has 0 aliphatic rings. The van der Waals surface area contributed by atoms with E-state index in [9.17, 15) is 14.8 Å². The predicted molar refractivity (Wildman–Crippen MR) is 85.4 cm³/mol. The van der Waals surface area contributed by atoms with Crippen LogP contribution in [0.25, 0.3) is 0 Å². The molecule has 2 aromatic rings. The molecule has 1 N–H and O–H groups in total. The molecular weight excluding hydrogens is 312 g/mol. The highest BCUT2D eigenvalue weighted by atomic mass is 16.5. The molecule has 2 rings (SSSR count). The van der Waals surface area contributed by atoms with Gasteiger partial charge in [0.25, 0.3) is 5.91 Å². The van der Waals surface area contributed by atoms with E-state index in [4.69, 9.17) is 9.47 Å². The van der Waals surface area contributed by atoms with Gasteiger partial charge in [-0.2, -0.15) is 4.73 Å². The van der Waals surface area contributed by atoms with Gasteiger partial charge in [-0.05, 0) is 24.1 Å². The summed E-state index contributed by atoms with van der Waals surface area (Å²) in [4.78, 5) is 23.4. The maximum atomic E-state index is 11.7. The van der Waals surface area contributed by atoms with Crippen molar-refractivity contribution < 1.29 is 23.8 Å². The predicted octanol–water partition coefficient (Wildman–Crippen LogP) is 0.844. The second-order valence-electron chi connectivity index (χ2n) is 4.90. The molecule has 126 valence electrons. The van der Waals surface area contributed by atoms with Crippen LogP contribution in [0.5, 0.6) is 5.75 Å². The summed E-state index contributed by atoms with van der Waals surface area (Å²) in [6, 6.07) is 11.9. The number of nitrogens with zero attached hydrogens (tertiary/aromatic N) is 1. The van der Waals surface area contributed by atoms with Crippen LogP contribution >= 0.6 is 0 Å². The Bertz CT molecular complexity index is 718. The number of hydrogen-bond acceptors (Lipinski definition) is 5. The van der Waals surface area contributed by atoms with Crippen molar-refractivity contribution in [3.05, 3.63) is 65.1 Å². The van der Waals surface area contributed by atoms with Crippen molar-refractivity contribution in [1.82, 2.24) is 5.32 Å². The van der Waals surface area contributed by atoms with Gasteiger partial charge in [0.2, 0.25) is 0 Å². The third-order valence-electron chi connectivity index (χ3n) is 3.28. The molecule has 0 saturated carbocycles. The number of nitrogens with one attached hydrogen (secondary N) is 1. The Morgan fingerprint density at radius 1 is 1.17 bits per heavy atom. The summed E-state index contributed by atoms with van der Waals surface area (Å²) in [5.41, 5.74) is 0.799. The summed E-state index contributed by atoms with van der Waals surface area (Å²) in [5, 5.41) is 14.0. The summed E-state index contributed by atoms with van der Waals surface area (Å²) >= 11 is 0. The molecule has 7 nitrogen and oxygen atoms in total. The molecule has 0 fully saturated rings. The van der Waals surface area contributed by atoms with Gasteiger partial charge in [0.15, 0.2) is 12.8 Å². The summed E-state index contributed by atoms with van der Waals surface area (Å²) in [5.74, 6) is -0.528. The Hall–Kier alpha value is -3.09. The monoisotopic (exact) mass is 330 g/mol. The largest absolute Gasteiger partial charge is 0.618 e. The van der Waals surface area contributed by atoms with Crippen LogP contribution in [0, 0.1) is 5.21 Å². The lowest BCUT2D eigenvalue weighted by molar-refractivity contribution is -0.608. The van der Waals surface area contributed by atoms with Gasteiger partial charge < -0.3 is 20.0 Å². The first-order valence-electron chi connectivity index (χ1n) is 7.35. The minimum absolute atomic E-state index is 0.167. The first kappa shape index (κ1) is 17.3. The number of carbonyl (C=O) groups is 2. The maximum Gasteiger partial charge on any atom is 0.405 e. The number of hydrogen-bond donors (Lipinski definition) is 1. The molecule has 0 radical (unpaired) electrons. The number of aromatic nitrogens is 1. The highest BCUT2D eigenvalue weighted by Gasteiger charge is 2.17. The Morgan fingerprint density at radius 3 is 2.67 bits per heavy atom. The number of ether oxygens (including phenoxy) is 2. The van der Waals surface area contributed by atoms with Gasteiger partial charge in [0.1, 0.15) is 5.75 Å². The van der Waals surface area contributed by atoms with Gasteiger partial charge in [0, 0.05) is 18.7 Å². The van der Waals surface area contributed by atoms with E-state index in [-0.39, 0.29) is 5.69 Å². The number of methoxy groups -OCH3 is 1. The molecule has 1 aromatic carbocycles. The van der Waals surface area contributed by atoms with Crippen molar-refractivity contribution in [2.75, 3.05) is 20.3 Å². The smallest absolute Gasteiger partial charge is 0.405 e. The normalized spacial score (nSPS) is 10.0. The van der Waals surface area contributed by atoms with Gasteiger partial charge >= 0.3 is 11.7 Å². The molecular formula is C17H18N2O5. The van der Waals surface area contributed by atoms with Gasteiger partial charge in [-0.25, -0.2) is 4.79 Å². The molecule has 1 heterocycles. The van der Waals surface area contributed by atoms with E-state index >= 15 is 0 Å². The van der Waals surface area contributed by atoms with E-state index in [0.717, 1.165) is 11.3 Å². The van der Waals surface area contributed by atoms with E-state index in [1.807, 2.05) is 24.3 Å². The number of amides is 1. The Kier molecular flexibility index (Phi) is 6.13. The molecule has 0 bridgehead atoms. The lowest BCUT2D eigenvalue weighted by atomic mass is 10.1. The Morgan fingerprint density at radius 2 is 1.92 bits per heavy atom. The van der Waals surface area contributed by atoms with Crippen molar-refractivity contribution in [3.8, 4) is 5.75 Å². The van der Waals surface area contributed by atoms with Crippen molar-refractivity contribution in [2.45, 2.75) is 6.42 Å². The zero-order valence-electron chi connectivity index (χ0n) is 13.2. The van der Waals surface area contributed by atoms with E-state index in [2.05, 4.69) is 5.32 Å². The van der Waals surface area contributed by atoms with Crippen molar-refractivity contribution in [1.29, 1.82) is 0 Å². The van der Waals surface area contributed by atoms with E-state index in [1.165, 1.54) is 24.4 Å². The van der Waals surface area contributed by atoms with Crippen LogP contribution in [0.2, 0.25) is 0 Å². The van der Waals surface area contributed by atoms with Crippen molar-refractivity contribution in [3.63, 3.8) is 0 Å². The molecule has 1 amide bonds. The van der Waals surface area contributed by atoms with Gasteiger partial charge in [-0.1, -0.05) is 18.2 Å². The van der Waals surface area contributed by atoms with Crippen LogP contribution in [0.1, 0.15) is 16.1 Å². The fourth-order valence-electron chi connectivity index (χ4n) is 2.09. The zero-order chi connectivity index (χ0) is 17.4. The minimum atomic E-state index is -0.842. The number of rotatable bonds is 7. The molecule has 7 heteroatoms. The van der Waals surface area contributed by atoms with Crippen LogP contribution in [-0.2, 0) is 16.0 Å². The molecule has 0 aliphatic carbocycles. The van der Waals surface area contributed by atoms with Gasteiger partial charge in [-0.15, -0.1) is 0 Å². The van der Waals surface area contributed by atoms with Crippen LogP contribution in [0.3, 0.4) is 0 Å². The third-order valence-corrected chi connectivity index (χ3v) is 3.28. The fourth-order valence-corrected chi connectivity index (χ4v) is 2.09. The summed E-state index contributed by atoms with van der Waals surface area (Å²) in [6.07, 6.45) is 1.77. The summed E-state index contributed by atoms with van der Waals surface area (Å²) < 4.78 is 10.4. The second-order valence-corrected chi connectivity index (χ2v) is 4.90. The maximum absolute atomic E-state index is 11.7. The topological polar surface area (TPSA) is 91.6 Å². The van der Waals surface area contributed by atoms with Crippen molar-refractivity contribution in [2.24, 2.45) is 0 Å². The number of carbonyl (C=O) groups excluding carboxylic acids is 2. The van der Waals surface area contributed by atoms with Crippen molar-refractivity contribution >= 4 is 11.9 Å². The zero-order valence-corrected chi connectivity index (χ0v) is 13.2. The highest BCUT2D eigenvalue weighted by Crippen LogP contribution is 2.17. The SMILES string of the molecule is COc1ccccc1CCNC(=O)COC(=O)c1cccc[n+]1[O-]. The first-order valence-corrected chi connectivity index (χ1v) is 7.35. The number of para-hydroxylation sites is 1. The van der Waals surface area contributed by atoms with Gasteiger partial charge in [-0.3, -0.25) is 4.79 Å². The summed E-state index contributed by atoms with van der Waals surface area (Å²) in [7, 11) is 1.59. The average molecular weight is 330 g/mol. The van der Waals surface area contributed by atoms with Crippen LogP contribution < -0.4 is 14.8 Å². The Labute approximate surface area is 139 Å². The van der Waals surface area contributed by atoms with E-state index in [1.54, 1.807) is 7.11 Å². The van der Waals surface area contributed by atoms with E-state index in [0.29, 0.717) is 17.7 Å². The molecule has 1 aromatic heterocycles. The molecule has 0 saturated heterocycles. The molecule has 0 aliphatic heterocycles. The van der Waals surface area contributed by atoms with Crippen LogP contribution in [0.4, 0.5) is 0 Å². The quantitative estimate of drug-likeness (QED) is 0.461. The third kappa shape index (κ3) is 4.70. The Balaban J connectivity index is 1.76. The fraction of sp³-hybridized carbons (Fsp3) is 0.235. The van der Waals surface area contributed by atoms with E-state index < -0.39 is 18.5 Å². The van der Waals surface area contributed by atoms with Crippen LogP contribution in [-0.4, -0.2) is 32.1 Å². The number of benzene rings is 1. The van der Waals surface area contributed by atoms with Crippen LogP contribution in [0.15, 0.2) is 48.7 Å². The first-order chi connectivity index (χ1) is 11.6. The molecule has 24 heavy (non-hydrogen) atoms. The highest BCUT2D eigenvalue weighted by molar-refractivity contribution is 5.88. The molecule has 0 spiro atoms. The number of esters is 1. The van der Waals surface area contributed by atoms with Gasteiger partial charge in [0.05, 0.1) is 7.11 Å². The summed E-state index contributed by atoms with van der Waals surface area (Å²) in [6.45, 7) is -0.0662. The average Bonchev–Trinajstić information content (AvgIpc) is 2.60. The lowest BCUT2D eigenvalue weighted by Crippen LogP contribution is -2.36. The number of pyridine rings is 1. The second kappa shape index (κ2) is 8.52. The molecule has 0 atom stereocenters. The lowest BCUT2D eigenvalue weighted by Gasteiger charge is -2.09. The molecule has 0 unspecified atom stereocenters.